The molecule has 0 aromatic heterocycles. The Morgan fingerprint density at radius 3 is 2.70 bits per heavy atom. The van der Waals surface area contributed by atoms with Crippen molar-refractivity contribution < 1.29 is 9.29 Å². The second kappa shape index (κ2) is 3.57. The molecule has 10 heavy (non-hydrogen) atoms. The molecule has 1 aliphatic heterocycles. The summed E-state index contributed by atoms with van der Waals surface area (Å²) in [7, 11) is 0. The molecule has 0 saturated carbocycles. The van der Waals surface area contributed by atoms with Crippen LogP contribution in [0, 0.1) is 5.92 Å². The molecule has 0 aromatic carbocycles. The number of ether oxygens (including phenoxy) is 1. The van der Waals surface area contributed by atoms with Gasteiger partial charge in [0.2, 0.25) is 0 Å². The second-order valence-electron chi connectivity index (χ2n) is 2.78. The lowest BCUT2D eigenvalue weighted by Gasteiger charge is -2.27. The summed E-state index contributed by atoms with van der Waals surface area (Å²) >= 11 is -1.15. The topological polar surface area (TPSA) is 58.3 Å². The fourth-order valence-electron chi connectivity index (χ4n) is 0.985. The van der Waals surface area contributed by atoms with Gasteiger partial charge in [0.05, 0.1) is 13.2 Å². The molecule has 60 valence electrons. The van der Waals surface area contributed by atoms with Crippen LogP contribution in [0.3, 0.4) is 0 Å². The van der Waals surface area contributed by atoms with Crippen molar-refractivity contribution in [3.63, 3.8) is 0 Å². The van der Waals surface area contributed by atoms with Gasteiger partial charge in [0.15, 0.2) is 0 Å². The van der Waals surface area contributed by atoms with E-state index in [-0.39, 0.29) is 5.25 Å². The van der Waals surface area contributed by atoms with E-state index in [2.05, 4.69) is 0 Å². The fourth-order valence-corrected chi connectivity index (χ4v) is 1.45. The van der Waals surface area contributed by atoms with Gasteiger partial charge in [0.1, 0.15) is 5.25 Å². The first kappa shape index (κ1) is 8.33. The van der Waals surface area contributed by atoms with Crippen molar-refractivity contribution in [2.24, 2.45) is 11.1 Å². The van der Waals surface area contributed by atoms with E-state index in [4.69, 9.17) is 9.88 Å². The molecule has 1 fully saturated rings. The van der Waals surface area contributed by atoms with Crippen LogP contribution in [0.4, 0.5) is 0 Å². The van der Waals surface area contributed by atoms with Crippen molar-refractivity contribution in [2.75, 3.05) is 13.2 Å². The second-order valence-corrected chi connectivity index (χ2v) is 4.24. The van der Waals surface area contributed by atoms with Crippen LogP contribution in [-0.4, -0.2) is 23.0 Å². The normalized spacial score (nSPS) is 25.5. The number of nitrogens with two attached hydrogens (primary N) is 1. The quantitative estimate of drug-likeness (QED) is 0.597. The van der Waals surface area contributed by atoms with E-state index in [1.807, 2.05) is 6.92 Å². The van der Waals surface area contributed by atoms with Gasteiger partial charge in [-0.2, -0.15) is 5.14 Å². The molecular weight excluding hydrogens is 150 g/mol. The highest BCUT2D eigenvalue weighted by molar-refractivity contribution is 7.89. The largest absolute Gasteiger partial charge is 0.598 e. The lowest BCUT2D eigenvalue weighted by atomic mass is 10.0. The van der Waals surface area contributed by atoms with Gasteiger partial charge in [-0.25, -0.2) is 0 Å². The van der Waals surface area contributed by atoms with Crippen LogP contribution in [0.15, 0.2) is 0 Å². The summed E-state index contributed by atoms with van der Waals surface area (Å²) in [5.41, 5.74) is 0. The van der Waals surface area contributed by atoms with Gasteiger partial charge in [-0.3, -0.25) is 0 Å². The summed E-state index contributed by atoms with van der Waals surface area (Å²) in [6.07, 6.45) is 0.934. The molecule has 1 saturated heterocycles. The van der Waals surface area contributed by atoms with Crippen molar-refractivity contribution in [3.8, 4) is 0 Å². The van der Waals surface area contributed by atoms with Crippen LogP contribution in [-0.2, 0) is 16.1 Å². The van der Waals surface area contributed by atoms with Gasteiger partial charge in [-0.05, 0) is 6.92 Å². The fraction of sp³-hybridized carbons (Fsp3) is 1.00. The van der Waals surface area contributed by atoms with Gasteiger partial charge in [-0.15, -0.1) is 0 Å². The highest BCUT2D eigenvalue weighted by atomic mass is 32.2. The summed E-state index contributed by atoms with van der Waals surface area (Å²) in [5.74, 6) is 0.600. The van der Waals surface area contributed by atoms with Crippen LogP contribution in [0.2, 0.25) is 0 Å². The highest BCUT2D eigenvalue weighted by Gasteiger charge is 2.25. The Hall–Kier alpha value is 0.230. The minimum atomic E-state index is -1.15. The lowest BCUT2D eigenvalue weighted by Crippen LogP contribution is -2.35. The SMILES string of the molecule is CC(CC1COC1)[S+](N)[O-]. The van der Waals surface area contributed by atoms with Gasteiger partial charge in [0.25, 0.3) is 0 Å². The molecule has 0 aliphatic carbocycles. The van der Waals surface area contributed by atoms with E-state index >= 15 is 0 Å². The molecule has 2 atom stereocenters. The predicted molar refractivity (Wildman–Crippen MR) is 40.7 cm³/mol. The molecule has 0 bridgehead atoms. The van der Waals surface area contributed by atoms with Crippen LogP contribution in [0.1, 0.15) is 13.3 Å². The molecule has 0 radical (unpaired) electrons. The Balaban J connectivity index is 2.10. The maximum atomic E-state index is 10.7. The van der Waals surface area contributed by atoms with Crippen LogP contribution in [0.25, 0.3) is 0 Å². The molecule has 1 rings (SSSR count). The van der Waals surface area contributed by atoms with Crippen molar-refractivity contribution >= 4 is 11.4 Å². The number of rotatable bonds is 3. The standard InChI is InChI=1S/C6H13NO2S/c1-5(10(7)8)2-6-3-9-4-6/h5-6H,2-4,7H2,1H3. The van der Waals surface area contributed by atoms with Crippen molar-refractivity contribution in [1.29, 1.82) is 0 Å². The molecule has 2 unspecified atom stereocenters. The smallest absolute Gasteiger partial charge is 0.132 e. The first-order valence-corrected chi connectivity index (χ1v) is 4.70. The van der Waals surface area contributed by atoms with E-state index < -0.39 is 11.4 Å². The predicted octanol–water partition coefficient (Wildman–Crippen LogP) is 0.0338. The van der Waals surface area contributed by atoms with Gasteiger partial charge in [0, 0.05) is 23.7 Å². The minimum absolute atomic E-state index is 0.119. The summed E-state index contributed by atoms with van der Waals surface area (Å²) in [4.78, 5) is 0. The summed E-state index contributed by atoms with van der Waals surface area (Å²) in [6, 6.07) is 0. The van der Waals surface area contributed by atoms with Gasteiger partial charge >= 0.3 is 0 Å². The Morgan fingerprint density at radius 2 is 2.40 bits per heavy atom. The summed E-state index contributed by atoms with van der Waals surface area (Å²) in [5, 5.41) is 5.31. The Bertz CT molecular complexity index is 106. The van der Waals surface area contributed by atoms with E-state index in [1.165, 1.54) is 0 Å². The summed E-state index contributed by atoms with van der Waals surface area (Å²) < 4.78 is 15.6. The summed E-state index contributed by atoms with van der Waals surface area (Å²) in [6.45, 7) is 3.55. The van der Waals surface area contributed by atoms with Crippen LogP contribution < -0.4 is 5.14 Å². The molecule has 2 N–H and O–H groups in total. The monoisotopic (exact) mass is 163 g/mol. The zero-order chi connectivity index (χ0) is 7.56. The third-order valence-electron chi connectivity index (χ3n) is 1.77. The average molecular weight is 163 g/mol. The highest BCUT2D eigenvalue weighted by Crippen LogP contribution is 2.18. The first-order valence-electron chi connectivity index (χ1n) is 3.43. The molecule has 0 spiro atoms. The van der Waals surface area contributed by atoms with E-state index in [0.717, 1.165) is 19.6 Å². The zero-order valence-electron chi connectivity index (χ0n) is 6.08. The molecular formula is C6H13NO2S. The lowest BCUT2D eigenvalue weighted by molar-refractivity contribution is -0.0352. The molecule has 0 aromatic rings. The van der Waals surface area contributed by atoms with Crippen molar-refractivity contribution in [3.05, 3.63) is 0 Å². The average Bonchev–Trinajstić information content (AvgIpc) is 1.77. The molecule has 4 heteroatoms. The van der Waals surface area contributed by atoms with E-state index in [0.29, 0.717) is 5.92 Å². The van der Waals surface area contributed by atoms with Crippen molar-refractivity contribution in [2.45, 2.75) is 18.6 Å². The third-order valence-corrected chi connectivity index (χ3v) is 2.75. The Morgan fingerprint density at radius 1 is 1.80 bits per heavy atom. The van der Waals surface area contributed by atoms with Gasteiger partial charge in [-0.1, -0.05) is 0 Å². The van der Waals surface area contributed by atoms with Gasteiger partial charge < -0.3 is 9.29 Å². The maximum Gasteiger partial charge on any atom is 0.132 e. The third kappa shape index (κ3) is 2.12. The molecule has 3 nitrogen and oxygen atoms in total. The zero-order valence-corrected chi connectivity index (χ0v) is 6.89. The number of hydrogen-bond acceptors (Lipinski definition) is 3. The van der Waals surface area contributed by atoms with Crippen molar-refractivity contribution in [1.82, 2.24) is 0 Å². The maximum absolute atomic E-state index is 10.7. The van der Waals surface area contributed by atoms with E-state index in [9.17, 15) is 4.55 Å². The van der Waals surface area contributed by atoms with E-state index in [1.54, 1.807) is 0 Å². The Kier molecular flexibility index (Phi) is 2.97. The van der Waals surface area contributed by atoms with Crippen LogP contribution >= 0.6 is 0 Å². The molecule has 0 amide bonds. The number of hydrogen-bond donors (Lipinski definition) is 1. The Labute approximate surface area is 64.2 Å². The molecule has 1 aliphatic rings. The minimum Gasteiger partial charge on any atom is -0.598 e. The van der Waals surface area contributed by atoms with Crippen LogP contribution in [0.5, 0.6) is 0 Å². The first-order chi connectivity index (χ1) is 4.70. The molecule has 1 heterocycles.